The smallest absolute Gasteiger partial charge is 0.251 e. The second kappa shape index (κ2) is 9.45. The van der Waals surface area contributed by atoms with Crippen LogP contribution in [-0.4, -0.2) is 52.4 Å². The maximum Gasteiger partial charge on any atom is 0.251 e. The van der Waals surface area contributed by atoms with Crippen LogP contribution in [0.1, 0.15) is 35.1 Å². The van der Waals surface area contributed by atoms with Gasteiger partial charge in [0.05, 0.1) is 30.4 Å². The number of nitrogens with zero attached hydrogens (tertiary/aromatic N) is 1. The topological polar surface area (TPSA) is 70.9 Å². The van der Waals surface area contributed by atoms with Crippen LogP contribution >= 0.6 is 11.3 Å². The van der Waals surface area contributed by atoms with Crippen molar-refractivity contribution in [3.63, 3.8) is 0 Å². The largest absolute Gasteiger partial charge is 0.346 e. The fourth-order valence-electron chi connectivity index (χ4n) is 2.87. The van der Waals surface area contributed by atoms with Gasteiger partial charge in [-0.15, -0.1) is 11.3 Å². The standard InChI is InChI=1S/C19H27N3O3S2/c1-5-22(6-2)27(24,25)16-11-9-15(10-12-16)19(23)20-14-17(21(3)4)18-8-7-13-26-18/h7-13,17H,5-6,14H2,1-4H3,(H,20,23)/p+1/t17-/m0/s1. The fraction of sp³-hybridized carbons (Fsp3) is 0.421. The molecule has 0 aliphatic carbocycles. The zero-order valence-corrected chi connectivity index (χ0v) is 17.9. The van der Waals surface area contributed by atoms with E-state index in [0.29, 0.717) is 25.2 Å². The van der Waals surface area contributed by atoms with E-state index < -0.39 is 10.0 Å². The van der Waals surface area contributed by atoms with E-state index >= 15 is 0 Å². The highest BCUT2D eigenvalue weighted by molar-refractivity contribution is 7.89. The highest BCUT2D eigenvalue weighted by Crippen LogP contribution is 2.17. The quantitative estimate of drug-likeness (QED) is 0.656. The lowest BCUT2D eigenvalue weighted by atomic mass is 10.2. The molecular weight excluding hydrogens is 382 g/mol. The van der Waals surface area contributed by atoms with Gasteiger partial charge < -0.3 is 10.2 Å². The summed E-state index contributed by atoms with van der Waals surface area (Å²) in [5.74, 6) is -0.204. The van der Waals surface area contributed by atoms with Crippen molar-refractivity contribution in [1.82, 2.24) is 9.62 Å². The number of amides is 1. The third-order valence-corrected chi connectivity index (χ3v) is 7.56. The van der Waals surface area contributed by atoms with Gasteiger partial charge in [0.2, 0.25) is 10.0 Å². The Morgan fingerprint density at radius 3 is 2.26 bits per heavy atom. The Morgan fingerprint density at radius 2 is 1.78 bits per heavy atom. The van der Waals surface area contributed by atoms with Crippen LogP contribution in [0.3, 0.4) is 0 Å². The number of benzene rings is 1. The summed E-state index contributed by atoms with van der Waals surface area (Å²) in [4.78, 5) is 15.1. The van der Waals surface area contributed by atoms with Crippen molar-refractivity contribution in [2.24, 2.45) is 0 Å². The number of nitrogens with one attached hydrogen (secondary N) is 2. The molecule has 0 aliphatic rings. The third-order valence-electron chi connectivity index (χ3n) is 4.51. The summed E-state index contributed by atoms with van der Waals surface area (Å²) in [6.45, 7) is 4.95. The Morgan fingerprint density at radius 1 is 1.15 bits per heavy atom. The minimum atomic E-state index is -3.51. The molecule has 0 unspecified atom stereocenters. The molecule has 1 heterocycles. The predicted molar refractivity (Wildman–Crippen MR) is 109 cm³/mol. The summed E-state index contributed by atoms with van der Waals surface area (Å²) in [6, 6.07) is 10.4. The van der Waals surface area contributed by atoms with E-state index in [0.717, 1.165) is 0 Å². The van der Waals surface area contributed by atoms with E-state index in [1.54, 1.807) is 37.3 Å². The van der Waals surface area contributed by atoms with Crippen LogP contribution in [0.25, 0.3) is 0 Å². The van der Waals surface area contributed by atoms with Crippen molar-refractivity contribution >= 4 is 27.3 Å². The highest BCUT2D eigenvalue weighted by Gasteiger charge is 2.23. The molecule has 1 aromatic carbocycles. The first kappa shape index (κ1) is 21.6. The number of hydrogen-bond acceptors (Lipinski definition) is 4. The van der Waals surface area contributed by atoms with E-state index in [2.05, 4.69) is 25.5 Å². The summed E-state index contributed by atoms with van der Waals surface area (Å²) < 4.78 is 26.4. The Labute approximate surface area is 165 Å². The van der Waals surface area contributed by atoms with E-state index in [-0.39, 0.29) is 16.8 Å². The van der Waals surface area contributed by atoms with Gasteiger partial charge in [-0.1, -0.05) is 19.9 Å². The summed E-state index contributed by atoms with van der Waals surface area (Å²) >= 11 is 1.67. The van der Waals surface area contributed by atoms with Crippen molar-refractivity contribution < 1.29 is 18.1 Å². The van der Waals surface area contributed by atoms with Crippen LogP contribution in [0.5, 0.6) is 0 Å². The maximum atomic E-state index is 12.5. The highest BCUT2D eigenvalue weighted by atomic mass is 32.2. The van der Waals surface area contributed by atoms with E-state index in [4.69, 9.17) is 0 Å². The van der Waals surface area contributed by atoms with Crippen LogP contribution < -0.4 is 10.2 Å². The Kier molecular flexibility index (Phi) is 7.55. The van der Waals surface area contributed by atoms with Gasteiger partial charge in [0.15, 0.2) is 0 Å². The van der Waals surface area contributed by atoms with Crippen molar-refractivity contribution in [3.05, 3.63) is 52.2 Å². The molecule has 0 saturated carbocycles. The van der Waals surface area contributed by atoms with Crippen LogP contribution in [0.4, 0.5) is 0 Å². The van der Waals surface area contributed by atoms with E-state index in [1.807, 2.05) is 11.4 Å². The normalized spacial score (nSPS) is 13.1. The van der Waals surface area contributed by atoms with Gasteiger partial charge in [-0.05, 0) is 35.7 Å². The number of carbonyl (C=O) groups is 1. The molecule has 1 aromatic heterocycles. The van der Waals surface area contributed by atoms with Gasteiger partial charge in [-0.2, -0.15) is 4.31 Å². The molecule has 1 atom stereocenters. The SMILES string of the molecule is CCN(CC)S(=O)(=O)c1ccc(C(=O)NC[C@@H](c2cccs2)[NH+](C)C)cc1. The average Bonchev–Trinajstić information content (AvgIpc) is 3.16. The minimum absolute atomic E-state index is 0.177. The lowest BCUT2D eigenvalue weighted by Crippen LogP contribution is -3.06. The van der Waals surface area contributed by atoms with Crippen LogP contribution in [0, 0.1) is 0 Å². The number of rotatable bonds is 9. The molecule has 27 heavy (non-hydrogen) atoms. The van der Waals surface area contributed by atoms with Gasteiger partial charge in [0.25, 0.3) is 5.91 Å². The maximum absolute atomic E-state index is 12.5. The van der Waals surface area contributed by atoms with Gasteiger partial charge in [-0.3, -0.25) is 4.79 Å². The molecule has 0 radical (unpaired) electrons. The Balaban J connectivity index is 2.07. The molecule has 0 bridgehead atoms. The molecule has 1 amide bonds. The first-order chi connectivity index (χ1) is 12.8. The van der Waals surface area contributed by atoms with Gasteiger partial charge >= 0.3 is 0 Å². The number of carbonyl (C=O) groups excluding carboxylic acids is 1. The summed E-state index contributed by atoms with van der Waals surface area (Å²) in [5.41, 5.74) is 0.451. The predicted octanol–water partition coefficient (Wildman–Crippen LogP) is 1.39. The van der Waals surface area contributed by atoms with Crippen LogP contribution in [0.15, 0.2) is 46.7 Å². The lowest BCUT2D eigenvalue weighted by Gasteiger charge is -2.21. The van der Waals surface area contributed by atoms with Crippen molar-refractivity contribution in [1.29, 1.82) is 0 Å². The zero-order chi connectivity index (χ0) is 20.0. The third kappa shape index (κ3) is 5.16. The van der Waals surface area contributed by atoms with Gasteiger partial charge in [0.1, 0.15) is 6.04 Å². The van der Waals surface area contributed by atoms with Gasteiger partial charge in [0, 0.05) is 18.7 Å². The molecule has 8 heteroatoms. The monoisotopic (exact) mass is 410 g/mol. The number of likely N-dealkylation sites (N-methyl/N-ethyl adjacent to an activating group) is 1. The molecule has 0 aliphatic heterocycles. The number of quaternary nitrogens is 1. The summed E-state index contributed by atoms with van der Waals surface area (Å²) in [5, 5.41) is 4.99. The molecule has 0 fully saturated rings. The minimum Gasteiger partial charge on any atom is -0.346 e. The number of hydrogen-bond donors (Lipinski definition) is 2. The summed E-state index contributed by atoms with van der Waals surface area (Å²) in [6.07, 6.45) is 0. The molecule has 2 aromatic rings. The van der Waals surface area contributed by atoms with Crippen molar-refractivity contribution in [2.75, 3.05) is 33.7 Å². The second-order valence-electron chi connectivity index (χ2n) is 6.47. The summed E-state index contributed by atoms with van der Waals surface area (Å²) in [7, 11) is 0.607. The first-order valence-electron chi connectivity index (χ1n) is 9.03. The molecule has 2 N–H and O–H groups in total. The molecule has 0 spiro atoms. The van der Waals surface area contributed by atoms with Crippen LogP contribution in [-0.2, 0) is 10.0 Å². The van der Waals surface area contributed by atoms with Crippen molar-refractivity contribution in [3.8, 4) is 0 Å². The first-order valence-corrected chi connectivity index (χ1v) is 11.3. The average molecular weight is 411 g/mol. The Bertz CT molecular complexity index is 828. The number of sulfonamides is 1. The lowest BCUT2D eigenvalue weighted by molar-refractivity contribution is -0.890. The van der Waals surface area contributed by atoms with E-state index in [9.17, 15) is 13.2 Å². The Hall–Kier alpha value is -1.74. The molecule has 0 saturated heterocycles. The van der Waals surface area contributed by atoms with Crippen LogP contribution in [0.2, 0.25) is 0 Å². The molecule has 6 nitrogen and oxygen atoms in total. The fourth-order valence-corrected chi connectivity index (χ4v) is 5.28. The van der Waals surface area contributed by atoms with Gasteiger partial charge in [-0.25, -0.2) is 8.42 Å². The molecular formula is C19H28N3O3S2+. The number of thiophene rings is 1. The molecule has 148 valence electrons. The van der Waals surface area contributed by atoms with Crippen molar-refractivity contribution in [2.45, 2.75) is 24.8 Å². The van der Waals surface area contributed by atoms with E-state index in [1.165, 1.54) is 26.2 Å². The zero-order valence-electron chi connectivity index (χ0n) is 16.2. The second-order valence-corrected chi connectivity index (χ2v) is 9.39. The molecule has 2 rings (SSSR count).